The van der Waals surface area contributed by atoms with Crippen LogP contribution < -0.4 is 15.4 Å². The van der Waals surface area contributed by atoms with Gasteiger partial charge >= 0.3 is 0 Å². The minimum atomic E-state index is 0.0398. The Hall–Kier alpha value is -2.93. The maximum Gasteiger partial charge on any atom is 0.227 e. The highest BCUT2D eigenvalue weighted by atomic mass is 32.1. The third-order valence-corrected chi connectivity index (χ3v) is 8.14. The summed E-state index contributed by atoms with van der Waals surface area (Å²) in [5, 5.41) is 6.39. The number of nitrogens with one attached hydrogen (secondary N) is 2. The van der Waals surface area contributed by atoms with Crippen LogP contribution in [0, 0.1) is 23.2 Å². The first kappa shape index (κ1) is 21.6. The molecule has 7 heteroatoms. The molecule has 176 valence electrons. The summed E-state index contributed by atoms with van der Waals surface area (Å²) in [5.41, 5.74) is 3.33. The number of rotatable bonds is 5. The number of thiocarbonyl (C=S) groups is 1. The van der Waals surface area contributed by atoms with E-state index in [1.165, 1.54) is 38.5 Å². The molecule has 0 saturated heterocycles. The van der Waals surface area contributed by atoms with E-state index in [0.717, 1.165) is 40.3 Å². The lowest BCUT2D eigenvalue weighted by atomic mass is 9.49. The van der Waals surface area contributed by atoms with Gasteiger partial charge in [-0.05, 0) is 110 Å². The number of amides is 1. The molecule has 34 heavy (non-hydrogen) atoms. The van der Waals surface area contributed by atoms with Crippen LogP contribution in [0.2, 0.25) is 0 Å². The highest BCUT2D eigenvalue weighted by Crippen LogP contribution is 2.61. The quantitative estimate of drug-likeness (QED) is 0.446. The van der Waals surface area contributed by atoms with Gasteiger partial charge in [0.1, 0.15) is 11.3 Å². The molecule has 6 nitrogen and oxygen atoms in total. The zero-order valence-electron chi connectivity index (χ0n) is 19.3. The van der Waals surface area contributed by atoms with Crippen LogP contribution in [0.4, 0.5) is 5.69 Å². The van der Waals surface area contributed by atoms with Gasteiger partial charge in [-0.1, -0.05) is 0 Å². The van der Waals surface area contributed by atoms with Crippen molar-refractivity contribution in [3.63, 3.8) is 0 Å². The van der Waals surface area contributed by atoms with Gasteiger partial charge in [0.15, 0.2) is 10.7 Å². The third kappa shape index (κ3) is 4.17. The Kier molecular flexibility index (Phi) is 5.32. The Morgan fingerprint density at radius 2 is 1.76 bits per heavy atom. The molecule has 1 amide bonds. The Morgan fingerprint density at radius 3 is 2.41 bits per heavy atom. The second-order valence-electron chi connectivity index (χ2n) is 10.5. The molecule has 0 unspecified atom stereocenters. The summed E-state index contributed by atoms with van der Waals surface area (Å²) in [6, 6.07) is 13.2. The number of anilines is 1. The van der Waals surface area contributed by atoms with Crippen LogP contribution in [0.1, 0.15) is 44.9 Å². The van der Waals surface area contributed by atoms with Gasteiger partial charge in [-0.15, -0.1) is 0 Å². The summed E-state index contributed by atoms with van der Waals surface area (Å²) >= 11 is 5.43. The maximum atomic E-state index is 12.8. The number of hydrogen-bond donors (Lipinski definition) is 2. The van der Waals surface area contributed by atoms with Crippen LogP contribution in [-0.2, 0) is 4.79 Å². The lowest BCUT2D eigenvalue weighted by Gasteiger charge is -2.56. The van der Waals surface area contributed by atoms with Gasteiger partial charge in [-0.25, -0.2) is 4.98 Å². The second kappa shape index (κ2) is 8.38. The van der Waals surface area contributed by atoms with Gasteiger partial charge in [-0.3, -0.25) is 4.79 Å². The minimum Gasteiger partial charge on any atom is -0.497 e. The Labute approximate surface area is 204 Å². The summed E-state index contributed by atoms with van der Waals surface area (Å²) in [4.78, 5) is 17.4. The van der Waals surface area contributed by atoms with E-state index in [9.17, 15) is 4.79 Å². The van der Waals surface area contributed by atoms with Crippen LogP contribution in [-0.4, -0.2) is 23.1 Å². The van der Waals surface area contributed by atoms with Crippen molar-refractivity contribution in [2.24, 2.45) is 23.2 Å². The normalized spacial score (nSPS) is 27.0. The molecule has 3 aromatic rings. The minimum absolute atomic E-state index is 0.0398. The van der Waals surface area contributed by atoms with E-state index in [1.807, 2.05) is 42.5 Å². The topological polar surface area (TPSA) is 76.4 Å². The zero-order chi connectivity index (χ0) is 23.3. The van der Waals surface area contributed by atoms with E-state index in [4.69, 9.17) is 21.4 Å². The van der Waals surface area contributed by atoms with E-state index in [1.54, 1.807) is 7.11 Å². The fraction of sp³-hybridized carbons (Fsp3) is 0.444. The molecule has 4 aliphatic rings. The summed E-state index contributed by atoms with van der Waals surface area (Å²) < 4.78 is 11.1. The fourth-order valence-electron chi connectivity index (χ4n) is 7.03. The first-order valence-electron chi connectivity index (χ1n) is 12.1. The highest BCUT2D eigenvalue weighted by molar-refractivity contribution is 7.80. The molecule has 4 bridgehead atoms. The van der Waals surface area contributed by atoms with Gasteiger partial charge in [0.25, 0.3) is 0 Å². The van der Waals surface area contributed by atoms with Gasteiger partial charge in [-0.2, -0.15) is 0 Å². The van der Waals surface area contributed by atoms with Crippen molar-refractivity contribution in [3.8, 4) is 17.2 Å². The van der Waals surface area contributed by atoms with E-state index >= 15 is 0 Å². The molecular formula is C27H29N3O3S. The SMILES string of the molecule is COc1ccc2oc(-c3ccc(NC(=S)NC(=O)CC45CC6CC(CC(C6)C4)C5)cc3)nc2c1. The smallest absolute Gasteiger partial charge is 0.227 e. The predicted molar refractivity (Wildman–Crippen MR) is 136 cm³/mol. The summed E-state index contributed by atoms with van der Waals surface area (Å²) in [6.07, 6.45) is 8.40. The van der Waals surface area contributed by atoms with Crippen LogP contribution in [0.15, 0.2) is 46.9 Å². The van der Waals surface area contributed by atoms with Crippen LogP contribution in [0.3, 0.4) is 0 Å². The van der Waals surface area contributed by atoms with E-state index in [0.29, 0.717) is 23.0 Å². The molecule has 0 spiro atoms. The van der Waals surface area contributed by atoms with Crippen molar-refractivity contribution in [2.45, 2.75) is 44.9 Å². The number of aromatic nitrogens is 1. The molecule has 0 atom stereocenters. The third-order valence-electron chi connectivity index (χ3n) is 7.94. The van der Waals surface area contributed by atoms with Crippen LogP contribution in [0.5, 0.6) is 5.75 Å². The summed E-state index contributed by atoms with van der Waals surface area (Å²) in [6.45, 7) is 0. The van der Waals surface area contributed by atoms with Crippen molar-refractivity contribution in [1.82, 2.24) is 10.3 Å². The largest absolute Gasteiger partial charge is 0.497 e. The second-order valence-corrected chi connectivity index (χ2v) is 10.9. The van der Waals surface area contributed by atoms with Crippen LogP contribution in [0.25, 0.3) is 22.6 Å². The van der Waals surface area contributed by atoms with E-state index in [2.05, 4.69) is 15.6 Å². The van der Waals surface area contributed by atoms with Crippen LogP contribution >= 0.6 is 12.2 Å². The van der Waals surface area contributed by atoms with E-state index < -0.39 is 0 Å². The first-order valence-corrected chi connectivity index (χ1v) is 12.5. The van der Waals surface area contributed by atoms with Gasteiger partial charge < -0.3 is 19.8 Å². The number of carbonyl (C=O) groups is 1. The van der Waals surface area contributed by atoms with Crippen molar-refractivity contribution in [3.05, 3.63) is 42.5 Å². The Morgan fingerprint density at radius 1 is 1.09 bits per heavy atom. The van der Waals surface area contributed by atoms with Crippen molar-refractivity contribution >= 4 is 40.0 Å². The van der Waals surface area contributed by atoms with Crippen molar-refractivity contribution in [1.29, 1.82) is 0 Å². The standard InChI is InChI=1S/C27H29N3O3S/c1-32-21-6-7-23-22(11-21)29-25(33-23)19-2-4-20(5-3-19)28-26(34)30-24(31)15-27-12-16-8-17(13-27)10-18(9-16)14-27/h2-7,11,16-18H,8-10,12-15H2,1H3,(H2,28,30,31,34). The number of oxazole rings is 1. The molecule has 1 heterocycles. The van der Waals surface area contributed by atoms with Gasteiger partial charge in [0.2, 0.25) is 11.8 Å². The summed E-state index contributed by atoms with van der Waals surface area (Å²) in [7, 11) is 1.63. The monoisotopic (exact) mass is 475 g/mol. The number of carbonyl (C=O) groups excluding carboxylic acids is 1. The molecule has 4 saturated carbocycles. The Bertz CT molecular complexity index is 1210. The molecule has 7 rings (SSSR count). The van der Waals surface area contributed by atoms with E-state index in [-0.39, 0.29) is 11.3 Å². The molecule has 0 radical (unpaired) electrons. The predicted octanol–water partition coefficient (Wildman–Crippen LogP) is 5.92. The van der Waals surface area contributed by atoms with Gasteiger partial charge in [0, 0.05) is 23.7 Å². The zero-order valence-corrected chi connectivity index (χ0v) is 20.1. The number of hydrogen-bond acceptors (Lipinski definition) is 5. The number of benzene rings is 2. The lowest BCUT2D eigenvalue weighted by Crippen LogP contribution is -2.48. The lowest BCUT2D eigenvalue weighted by molar-refractivity contribution is -0.127. The maximum absolute atomic E-state index is 12.8. The number of nitrogens with zero attached hydrogens (tertiary/aromatic N) is 1. The van der Waals surface area contributed by atoms with Crippen molar-refractivity contribution in [2.75, 3.05) is 12.4 Å². The number of methoxy groups -OCH3 is 1. The molecule has 1 aromatic heterocycles. The average Bonchev–Trinajstić information content (AvgIpc) is 3.21. The average molecular weight is 476 g/mol. The number of ether oxygens (including phenoxy) is 1. The van der Waals surface area contributed by atoms with Gasteiger partial charge in [0.05, 0.1) is 7.11 Å². The molecular weight excluding hydrogens is 446 g/mol. The van der Waals surface area contributed by atoms with Crippen molar-refractivity contribution < 1.29 is 13.9 Å². The molecule has 4 aliphatic carbocycles. The summed E-state index contributed by atoms with van der Waals surface area (Å²) in [5.74, 6) is 3.84. The number of fused-ring (bicyclic) bond motifs is 1. The highest BCUT2D eigenvalue weighted by Gasteiger charge is 2.51. The molecule has 0 aliphatic heterocycles. The first-order chi connectivity index (χ1) is 16.5. The molecule has 4 fully saturated rings. The molecule has 2 N–H and O–H groups in total. The molecule has 2 aromatic carbocycles. The Balaban J connectivity index is 1.07. The fourth-order valence-corrected chi connectivity index (χ4v) is 7.27.